The molecule has 1 aromatic heterocycles. The summed E-state index contributed by atoms with van der Waals surface area (Å²) in [6.07, 6.45) is 4.30. The molecule has 0 aliphatic carbocycles. The van der Waals surface area contributed by atoms with Crippen LogP contribution in [-0.4, -0.2) is 55.8 Å². The van der Waals surface area contributed by atoms with Crippen molar-refractivity contribution in [2.24, 2.45) is 0 Å². The van der Waals surface area contributed by atoms with Crippen LogP contribution in [0.15, 0.2) is 61.3 Å². The highest BCUT2D eigenvalue weighted by atomic mass is 16.5. The third kappa shape index (κ3) is 8.10. The van der Waals surface area contributed by atoms with E-state index in [4.69, 9.17) is 9.47 Å². The SMILES string of the molecule is C=CCOC[C@H](O)C[NH+](CCCOC)Cc1cccn1Cc1ccccc1. The molecule has 0 fully saturated rings. The molecule has 5 nitrogen and oxygen atoms in total. The minimum absolute atomic E-state index is 0.338. The number of aromatic nitrogens is 1. The summed E-state index contributed by atoms with van der Waals surface area (Å²) in [6, 6.07) is 14.7. The Kier molecular flexibility index (Phi) is 9.87. The zero-order valence-corrected chi connectivity index (χ0v) is 16.3. The highest BCUT2D eigenvalue weighted by Crippen LogP contribution is 2.07. The summed E-state index contributed by atoms with van der Waals surface area (Å²) in [5, 5.41) is 10.3. The quantitative estimate of drug-likeness (QED) is 0.390. The van der Waals surface area contributed by atoms with Crippen LogP contribution >= 0.6 is 0 Å². The molecule has 1 unspecified atom stereocenters. The first-order valence-corrected chi connectivity index (χ1v) is 9.60. The molecule has 2 atom stereocenters. The number of hydrogen-bond acceptors (Lipinski definition) is 3. The van der Waals surface area contributed by atoms with E-state index in [9.17, 15) is 5.11 Å². The normalized spacial score (nSPS) is 13.4. The number of rotatable bonds is 14. The summed E-state index contributed by atoms with van der Waals surface area (Å²) in [5.74, 6) is 0. The van der Waals surface area contributed by atoms with Crippen molar-refractivity contribution >= 4 is 0 Å². The van der Waals surface area contributed by atoms with Crippen molar-refractivity contribution in [2.75, 3.05) is 40.0 Å². The summed E-state index contributed by atoms with van der Waals surface area (Å²) < 4.78 is 12.9. The number of ether oxygens (including phenoxy) is 2. The van der Waals surface area contributed by atoms with Gasteiger partial charge in [-0.05, 0) is 17.7 Å². The molecule has 2 N–H and O–H groups in total. The fourth-order valence-corrected chi connectivity index (χ4v) is 3.21. The largest absolute Gasteiger partial charge is 0.385 e. The summed E-state index contributed by atoms with van der Waals surface area (Å²) in [5.41, 5.74) is 2.55. The van der Waals surface area contributed by atoms with Crippen molar-refractivity contribution in [3.05, 3.63) is 72.6 Å². The highest BCUT2D eigenvalue weighted by molar-refractivity contribution is 5.17. The van der Waals surface area contributed by atoms with Crippen molar-refractivity contribution in [1.29, 1.82) is 0 Å². The second kappa shape index (κ2) is 12.5. The second-order valence-corrected chi connectivity index (χ2v) is 6.82. The first-order valence-electron chi connectivity index (χ1n) is 9.60. The zero-order valence-electron chi connectivity index (χ0n) is 16.3. The van der Waals surface area contributed by atoms with E-state index in [2.05, 4.69) is 53.7 Å². The summed E-state index contributed by atoms with van der Waals surface area (Å²) in [7, 11) is 1.72. The van der Waals surface area contributed by atoms with Crippen molar-refractivity contribution in [3.8, 4) is 0 Å². The lowest BCUT2D eigenvalue weighted by Crippen LogP contribution is -3.12. The maximum absolute atomic E-state index is 10.3. The van der Waals surface area contributed by atoms with Crippen molar-refractivity contribution in [3.63, 3.8) is 0 Å². The Hall–Kier alpha value is -1.92. The van der Waals surface area contributed by atoms with E-state index in [0.29, 0.717) is 19.8 Å². The van der Waals surface area contributed by atoms with Crippen LogP contribution in [-0.2, 0) is 22.6 Å². The van der Waals surface area contributed by atoms with E-state index < -0.39 is 6.10 Å². The molecular weight excluding hydrogens is 340 g/mol. The number of nitrogens with zero attached hydrogens (tertiary/aromatic N) is 1. The Bertz CT molecular complexity index is 642. The van der Waals surface area contributed by atoms with Crippen molar-refractivity contribution in [1.82, 2.24) is 4.57 Å². The molecule has 0 saturated heterocycles. The molecule has 2 rings (SSSR count). The lowest BCUT2D eigenvalue weighted by Gasteiger charge is -2.23. The smallest absolute Gasteiger partial charge is 0.126 e. The summed E-state index contributed by atoms with van der Waals surface area (Å²) >= 11 is 0. The first kappa shape index (κ1) is 21.4. The zero-order chi connectivity index (χ0) is 19.3. The van der Waals surface area contributed by atoms with Gasteiger partial charge in [-0.3, -0.25) is 0 Å². The Labute approximate surface area is 162 Å². The van der Waals surface area contributed by atoms with E-state index in [1.807, 2.05) is 6.07 Å². The summed E-state index contributed by atoms with van der Waals surface area (Å²) in [4.78, 5) is 1.33. The second-order valence-electron chi connectivity index (χ2n) is 6.82. The van der Waals surface area contributed by atoms with Crippen molar-refractivity contribution in [2.45, 2.75) is 25.6 Å². The van der Waals surface area contributed by atoms with Crippen LogP contribution in [0.1, 0.15) is 17.7 Å². The van der Waals surface area contributed by atoms with Gasteiger partial charge in [-0.1, -0.05) is 36.4 Å². The number of methoxy groups -OCH3 is 1. The van der Waals surface area contributed by atoms with E-state index >= 15 is 0 Å². The van der Waals surface area contributed by atoms with E-state index in [1.165, 1.54) is 16.2 Å². The van der Waals surface area contributed by atoms with Crippen LogP contribution in [0.2, 0.25) is 0 Å². The lowest BCUT2D eigenvalue weighted by molar-refractivity contribution is -0.917. The lowest BCUT2D eigenvalue weighted by atomic mass is 10.2. The van der Waals surface area contributed by atoms with E-state index in [1.54, 1.807) is 13.2 Å². The van der Waals surface area contributed by atoms with Gasteiger partial charge < -0.3 is 24.0 Å². The van der Waals surface area contributed by atoms with Gasteiger partial charge in [0.25, 0.3) is 0 Å². The average Bonchev–Trinajstić information content (AvgIpc) is 3.09. The number of benzene rings is 1. The molecule has 1 heterocycles. The van der Waals surface area contributed by atoms with Gasteiger partial charge in [-0.25, -0.2) is 0 Å². The van der Waals surface area contributed by atoms with Gasteiger partial charge in [0.15, 0.2) is 0 Å². The standard InChI is InChI=1S/C22H32N2O3/c1-3-14-27-19-22(25)18-23(12-8-15-26-2)17-21-11-7-13-24(21)16-20-9-5-4-6-10-20/h3-7,9-11,13,22,25H,1,8,12,14-19H2,2H3/p+1/t22-/m1/s1. The number of aliphatic hydroxyl groups excluding tert-OH is 1. The molecule has 1 aromatic carbocycles. The monoisotopic (exact) mass is 373 g/mol. The van der Waals surface area contributed by atoms with Gasteiger partial charge in [-0.15, -0.1) is 6.58 Å². The molecule has 0 amide bonds. The van der Waals surface area contributed by atoms with Gasteiger partial charge in [0.2, 0.25) is 0 Å². The Balaban J connectivity index is 1.97. The fourth-order valence-electron chi connectivity index (χ4n) is 3.21. The minimum atomic E-state index is -0.486. The van der Waals surface area contributed by atoms with Crippen LogP contribution in [0.5, 0.6) is 0 Å². The van der Waals surface area contributed by atoms with Gasteiger partial charge in [-0.2, -0.15) is 0 Å². The molecule has 0 spiro atoms. The Morgan fingerprint density at radius 1 is 1.22 bits per heavy atom. The average molecular weight is 374 g/mol. The van der Waals surface area contributed by atoms with E-state index in [-0.39, 0.29) is 0 Å². The predicted octanol–water partition coefficient (Wildman–Crippen LogP) is 1.52. The molecule has 5 heteroatoms. The van der Waals surface area contributed by atoms with Gasteiger partial charge in [0.1, 0.15) is 19.2 Å². The number of quaternary nitrogens is 1. The maximum Gasteiger partial charge on any atom is 0.126 e. The maximum atomic E-state index is 10.3. The van der Waals surface area contributed by atoms with Gasteiger partial charge >= 0.3 is 0 Å². The van der Waals surface area contributed by atoms with Crippen LogP contribution in [0.25, 0.3) is 0 Å². The van der Waals surface area contributed by atoms with Gasteiger partial charge in [0, 0.05) is 26.3 Å². The first-order chi connectivity index (χ1) is 13.2. The highest BCUT2D eigenvalue weighted by Gasteiger charge is 2.17. The molecular formula is C22H33N2O3+. The molecule has 148 valence electrons. The molecule has 0 aliphatic heterocycles. The minimum Gasteiger partial charge on any atom is -0.385 e. The third-order valence-electron chi connectivity index (χ3n) is 4.50. The number of aliphatic hydroxyl groups is 1. The molecule has 0 radical (unpaired) electrons. The van der Waals surface area contributed by atoms with Gasteiger partial charge in [0.05, 0.1) is 32.1 Å². The van der Waals surface area contributed by atoms with Crippen LogP contribution in [0.3, 0.4) is 0 Å². The fraction of sp³-hybridized carbons (Fsp3) is 0.455. The Morgan fingerprint density at radius 3 is 2.78 bits per heavy atom. The van der Waals surface area contributed by atoms with E-state index in [0.717, 1.165) is 32.7 Å². The topological polar surface area (TPSA) is 48.1 Å². The van der Waals surface area contributed by atoms with Crippen LogP contribution in [0.4, 0.5) is 0 Å². The van der Waals surface area contributed by atoms with Crippen LogP contribution in [0, 0.1) is 0 Å². The molecule has 27 heavy (non-hydrogen) atoms. The molecule has 0 bridgehead atoms. The summed E-state index contributed by atoms with van der Waals surface area (Å²) in [6.45, 7) is 8.50. The Morgan fingerprint density at radius 2 is 2.04 bits per heavy atom. The number of hydrogen-bond donors (Lipinski definition) is 2. The van der Waals surface area contributed by atoms with Crippen molar-refractivity contribution < 1.29 is 19.5 Å². The van der Waals surface area contributed by atoms with Crippen LogP contribution < -0.4 is 4.90 Å². The third-order valence-corrected chi connectivity index (χ3v) is 4.50. The number of nitrogens with one attached hydrogen (secondary N) is 1. The predicted molar refractivity (Wildman–Crippen MR) is 108 cm³/mol. The molecule has 0 saturated carbocycles. The molecule has 2 aromatic rings. The molecule has 0 aliphatic rings.